The lowest BCUT2D eigenvalue weighted by Gasteiger charge is -1.99. The quantitative estimate of drug-likeness (QED) is 0.155. The van der Waals surface area contributed by atoms with Gasteiger partial charge < -0.3 is 0 Å². The molecule has 0 amide bonds. The highest BCUT2D eigenvalue weighted by atomic mass is 16.1. The molecular formula is C21H32O. The third kappa shape index (κ3) is 18.4. The van der Waals surface area contributed by atoms with Crippen molar-refractivity contribution in [2.45, 2.75) is 64.7 Å². The number of carbonyl (C=O) groups is 1. The molecule has 22 heavy (non-hydrogen) atoms. The Balaban J connectivity index is 3.41. The number of allylic oxidation sites excluding steroid dienone is 10. The zero-order chi connectivity index (χ0) is 16.1. The first kappa shape index (κ1) is 20.4. The second kappa shape index (κ2) is 19.4. The lowest BCUT2D eigenvalue weighted by atomic mass is 10.1. The van der Waals surface area contributed by atoms with Crippen LogP contribution in [0.15, 0.2) is 60.8 Å². The molecule has 0 heterocycles. The molecule has 0 unspecified atom stereocenters. The summed E-state index contributed by atoms with van der Waals surface area (Å²) >= 11 is 0. The Morgan fingerprint density at radius 3 is 1.55 bits per heavy atom. The van der Waals surface area contributed by atoms with E-state index in [-0.39, 0.29) is 0 Å². The van der Waals surface area contributed by atoms with Crippen molar-refractivity contribution in [1.82, 2.24) is 0 Å². The molecule has 0 aromatic heterocycles. The van der Waals surface area contributed by atoms with Gasteiger partial charge in [-0.25, -0.2) is 0 Å². The lowest BCUT2D eigenvalue weighted by Crippen LogP contribution is -1.79. The van der Waals surface area contributed by atoms with E-state index in [0.29, 0.717) is 0 Å². The highest BCUT2D eigenvalue weighted by Crippen LogP contribution is 2.09. The van der Waals surface area contributed by atoms with Crippen molar-refractivity contribution in [3.63, 3.8) is 0 Å². The predicted molar refractivity (Wildman–Crippen MR) is 99.0 cm³/mol. The molecule has 0 aliphatic heterocycles. The molecule has 0 radical (unpaired) electrons. The fourth-order valence-electron chi connectivity index (χ4n) is 2.07. The molecular weight excluding hydrogens is 268 g/mol. The van der Waals surface area contributed by atoms with Gasteiger partial charge in [0.2, 0.25) is 0 Å². The van der Waals surface area contributed by atoms with E-state index >= 15 is 0 Å². The maximum atomic E-state index is 10.0. The van der Waals surface area contributed by atoms with Crippen molar-refractivity contribution in [3.05, 3.63) is 60.8 Å². The molecule has 1 nitrogen and oxygen atoms in total. The van der Waals surface area contributed by atoms with Gasteiger partial charge in [-0.3, -0.25) is 4.79 Å². The minimum absolute atomic E-state index is 0.769. The molecule has 0 spiro atoms. The van der Waals surface area contributed by atoms with E-state index in [1.807, 2.05) is 30.4 Å². The van der Waals surface area contributed by atoms with Crippen LogP contribution in [0, 0.1) is 0 Å². The summed E-state index contributed by atoms with van der Waals surface area (Å²) in [6.45, 7) is 2.26. The second-order valence-corrected chi connectivity index (χ2v) is 5.37. The topological polar surface area (TPSA) is 17.1 Å². The van der Waals surface area contributed by atoms with Crippen molar-refractivity contribution in [1.29, 1.82) is 0 Å². The molecule has 0 N–H and O–H groups in total. The van der Waals surface area contributed by atoms with Crippen LogP contribution in [0.3, 0.4) is 0 Å². The average Bonchev–Trinajstić information content (AvgIpc) is 2.54. The van der Waals surface area contributed by atoms with Gasteiger partial charge in [-0.2, -0.15) is 0 Å². The van der Waals surface area contributed by atoms with E-state index in [4.69, 9.17) is 0 Å². The van der Waals surface area contributed by atoms with Crippen molar-refractivity contribution in [3.8, 4) is 0 Å². The van der Waals surface area contributed by atoms with E-state index in [2.05, 4.69) is 25.2 Å². The van der Waals surface area contributed by atoms with Gasteiger partial charge in [0.05, 0.1) is 0 Å². The first-order valence-corrected chi connectivity index (χ1v) is 8.68. The maximum absolute atomic E-state index is 10.0. The summed E-state index contributed by atoms with van der Waals surface area (Å²) in [4.78, 5) is 10.0. The third-order valence-electron chi connectivity index (χ3n) is 3.33. The Bertz CT molecular complexity index is 369. The van der Waals surface area contributed by atoms with Crippen LogP contribution in [-0.2, 0) is 4.79 Å². The van der Waals surface area contributed by atoms with Gasteiger partial charge in [0, 0.05) is 0 Å². The van der Waals surface area contributed by atoms with Crippen LogP contribution in [0.4, 0.5) is 0 Å². The Labute approximate surface area is 137 Å². The van der Waals surface area contributed by atoms with Gasteiger partial charge >= 0.3 is 0 Å². The summed E-state index contributed by atoms with van der Waals surface area (Å²) in [5.74, 6) is 0. The van der Waals surface area contributed by atoms with E-state index in [1.54, 1.807) is 6.08 Å². The summed E-state index contributed by atoms with van der Waals surface area (Å²) in [6, 6.07) is 0. The zero-order valence-corrected chi connectivity index (χ0v) is 14.1. The highest BCUT2D eigenvalue weighted by molar-refractivity contribution is 5.65. The highest BCUT2D eigenvalue weighted by Gasteiger charge is 1.89. The predicted octanol–water partition coefficient (Wildman–Crippen LogP) is 6.50. The molecule has 0 saturated carbocycles. The maximum Gasteiger partial charge on any atom is 0.142 e. The normalized spacial score (nSPS) is 12.8. The molecule has 122 valence electrons. The van der Waals surface area contributed by atoms with E-state index < -0.39 is 0 Å². The Morgan fingerprint density at radius 2 is 1.00 bits per heavy atom. The first-order valence-electron chi connectivity index (χ1n) is 8.68. The van der Waals surface area contributed by atoms with Crippen molar-refractivity contribution < 1.29 is 4.79 Å². The molecule has 0 aromatic rings. The van der Waals surface area contributed by atoms with Crippen LogP contribution in [0.25, 0.3) is 0 Å². The van der Waals surface area contributed by atoms with Gasteiger partial charge in [-0.1, -0.05) is 107 Å². The van der Waals surface area contributed by atoms with Crippen molar-refractivity contribution in [2.75, 3.05) is 0 Å². The van der Waals surface area contributed by atoms with Crippen LogP contribution in [0.2, 0.25) is 0 Å². The number of rotatable bonds is 14. The molecule has 0 atom stereocenters. The Kier molecular flexibility index (Phi) is 17.9. The monoisotopic (exact) mass is 300 g/mol. The van der Waals surface area contributed by atoms with Crippen LogP contribution >= 0.6 is 0 Å². The summed E-state index contributed by atoms with van der Waals surface area (Å²) in [5, 5.41) is 0. The first-order chi connectivity index (χ1) is 10.9. The largest absolute Gasteiger partial charge is 0.299 e. The molecule has 1 heteroatoms. The van der Waals surface area contributed by atoms with Crippen molar-refractivity contribution >= 4 is 6.29 Å². The lowest BCUT2D eigenvalue weighted by molar-refractivity contribution is -0.104. The standard InChI is InChI=1S/C21H32O/c1-2-3-4-5-6-7-8-9-10-11-12-13-14-15-16-17-18-19-20-21-22/h11-21H,2-10H2,1H3. The molecule has 0 aromatic carbocycles. The fraction of sp³-hybridized carbons (Fsp3) is 0.476. The molecule has 0 saturated heterocycles. The van der Waals surface area contributed by atoms with Crippen LogP contribution in [-0.4, -0.2) is 6.29 Å². The number of hydrogen-bond donors (Lipinski definition) is 0. The number of hydrogen-bond acceptors (Lipinski definition) is 1. The zero-order valence-electron chi connectivity index (χ0n) is 14.1. The summed E-state index contributed by atoms with van der Waals surface area (Å²) < 4.78 is 0. The van der Waals surface area contributed by atoms with Crippen LogP contribution in [0.5, 0.6) is 0 Å². The van der Waals surface area contributed by atoms with E-state index in [0.717, 1.165) is 6.29 Å². The summed E-state index contributed by atoms with van der Waals surface area (Å²) in [5.41, 5.74) is 0. The summed E-state index contributed by atoms with van der Waals surface area (Å²) in [6.07, 6.45) is 32.2. The Hall–Kier alpha value is -1.63. The molecule has 0 fully saturated rings. The van der Waals surface area contributed by atoms with Gasteiger partial charge in [0.1, 0.15) is 6.29 Å². The van der Waals surface area contributed by atoms with Gasteiger partial charge in [-0.05, 0) is 18.9 Å². The smallest absolute Gasteiger partial charge is 0.142 e. The van der Waals surface area contributed by atoms with E-state index in [9.17, 15) is 4.79 Å². The fourth-order valence-corrected chi connectivity index (χ4v) is 2.07. The molecule has 0 rings (SSSR count). The number of aldehydes is 1. The SMILES string of the molecule is CCCCCCCCCCC=CC=CC=CC=CC=CC=O. The summed E-state index contributed by atoms with van der Waals surface area (Å²) in [7, 11) is 0. The molecule has 0 aliphatic rings. The minimum atomic E-state index is 0.769. The van der Waals surface area contributed by atoms with Crippen molar-refractivity contribution in [2.24, 2.45) is 0 Å². The third-order valence-corrected chi connectivity index (χ3v) is 3.33. The average molecular weight is 300 g/mol. The van der Waals surface area contributed by atoms with Gasteiger partial charge in [-0.15, -0.1) is 0 Å². The number of unbranched alkanes of at least 4 members (excludes halogenated alkanes) is 8. The van der Waals surface area contributed by atoms with Crippen LogP contribution < -0.4 is 0 Å². The van der Waals surface area contributed by atoms with Gasteiger partial charge in [0.25, 0.3) is 0 Å². The van der Waals surface area contributed by atoms with Gasteiger partial charge in [0.15, 0.2) is 0 Å². The second-order valence-electron chi connectivity index (χ2n) is 5.37. The van der Waals surface area contributed by atoms with E-state index in [1.165, 1.54) is 63.9 Å². The molecule has 0 bridgehead atoms. The number of carbonyl (C=O) groups excluding carboxylic acids is 1. The molecule has 0 aliphatic carbocycles. The minimum Gasteiger partial charge on any atom is -0.299 e. The van der Waals surface area contributed by atoms with Crippen LogP contribution in [0.1, 0.15) is 64.7 Å². The Morgan fingerprint density at radius 1 is 0.545 bits per heavy atom.